The zero-order chi connectivity index (χ0) is 12.7. The Kier molecular flexibility index (Phi) is 3.39. The predicted octanol–water partition coefficient (Wildman–Crippen LogP) is 1.83. The van der Waals surface area contributed by atoms with Gasteiger partial charge in [-0.1, -0.05) is 0 Å². The Morgan fingerprint density at radius 2 is 1.94 bits per heavy atom. The number of halogens is 1. The van der Waals surface area contributed by atoms with Crippen molar-refractivity contribution >= 4 is 17.4 Å². The number of hydroxylamine groups is 2. The third-order valence-corrected chi connectivity index (χ3v) is 3.55. The second-order valence-corrected chi connectivity index (χ2v) is 5.32. The lowest BCUT2D eigenvalue weighted by Gasteiger charge is -2.34. The van der Waals surface area contributed by atoms with E-state index in [4.69, 9.17) is 11.6 Å². The highest BCUT2D eigenvalue weighted by atomic mass is 35.5. The Balaban J connectivity index is 3.21. The Labute approximate surface area is 101 Å². The molecule has 1 N–H and O–H groups in total. The number of ketones is 1. The number of hydrogen-bond acceptors (Lipinski definition) is 4. The van der Waals surface area contributed by atoms with Crippen LogP contribution >= 0.6 is 11.6 Å². The highest BCUT2D eigenvalue weighted by molar-refractivity contribution is 6.29. The van der Waals surface area contributed by atoms with Gasteiger partial charge in [0.05, 0.1) is 11.4 Å². The van der Waals surface area contributed by atoms with Crippen molar-refractivity contribution in [3.8, 4) is 0 Å². The Morgan fingerprint density at radius 1 is 1.44 bits per heavy atom. The average Bonchev–Trinajstić information content (AvgIpc) is 2.31. The van der Waals surface area contributed by atoms with Crippen molar-refractivity contribution in [2.45, 2.75) is 38.9 Å². The van der Waals surface area contributed by atoms with Crippen molar-refractivity contribution in [1.29, 1.82) is 0 Å². The summed E-state index contributed by atoms with van der Waals surface area (Å²) >= 11 is 5.49. The van der Waals surface area contributed by atoms with Crippen LogP contribution in [0.25, 0.3) is 0 Å². The standard InChI is InChI=1S/C11H19ClN2O2/c1-10(2)9(6-8(15)7-12)13(5)11(3,4)14(10)16/h6,16H,7H2,1-5H3/b9-6+. The molecule has 0 saturated carbocycles. The van der Waals surface area contributed by atoms with Crippen LogP contribution in [0.15, 0.2) is 11.8 Å². The van der Waals surface area contributed by atoms with Gasteiger partial charge in [-0.05, 0) is 27.7 Å². The van der Waals surface area contributed by atoms with Gasteiger partial charge in [-0.2, -0.15) is 5.06 Å². The number of carbonyl (C=O) groups excluding carboxylic acids is 1. The molecule has 0 radical (unpaired) electrons. The number of rotatable bonds is 2. The molecule has 16 heavy (non-hydrogen) atoms. The molecule has 0 spiro atoms. The summed E-state index contributed by atoms with van der Waals surface area (Å²) < 4.78 is 0. The predicted molar refractivity (Wildman–Crippen MR) is 63.4 cm³/mol. The monoisotopic (exact) mass is 246 g/mol. The topological polar surface area (TPSA) is 43.8 Å². The molecule has 1 aliphatic heterocycles. The number of carbonyl (C=O) groups is 1. The number of nitrogens with zero attached hydrogens (tertiary/aromatic N) is 2. The molecule has 0 amide bonds. The highest BCUT2D eigenvalue weighted by Gasteiger charge is 2.51. The van der Waals surface area contributed by atoms with Crippen LogP contribution in [0.1, 0.15) is 27.7 Å². The molecule has 0 aromatic carbocycles. The molecule has 0 bridgehead atoms. The second kappa shape index (κ2) is 4.02. The lowest BCUT2D eigenvalue weighted by molar-refractivity contribution is -0.207. The quantitative estimate of drug-likeness (QED) is 0.596. The lowest BCUT2D eigenvalue weighted by atomic mass is 10.0. The SMILES string of the molecule is CN1/C(=C/C(=O)CCl)C(C)(C)N(O)C1(C)C. The molecule has 92 valence electrons. The van der Waals surface area contributed by atoms with E-state index in [9.17, 15) is 10.0 Å². The van der Waals surface area contributed by atoms with E-state index in [0.29, 0.717) is 0 Å². The van der Waals surface area contributed by atoms with Gasteiger partial charge in [0.15, 0.2) is 5.78 Å². The highest BCUT2D eigenvalue weighted by Crippen LogP contribution is 2.41. The summed E-state index contributed by atoms with van der Waals surface area (Å²) in [6.07, 6.45) is 1.50. The minimum absolute atomic E-state index is 0.0424. The third-order valence-electron chi connectivity index (χ3n) is 3.29. The maximum absolute atomic E-state index is 11.4. The first kappa shape index (κ1) is 13.5. The van der Waals surface area contributed by atoms with Crippen LogP contribution in [0.5, 0.6) is 0 Å². The van der Waals surface area contributed by atoms with E-state index >= 15 is 0 Å². The Hall–Kier alpha value is -0.580. The van der Waals surface area contributed by atoms with Crippen molar-refractivity contribution in [3.05, 3.63) is 11.8 Å². The minimum Gasteiger partial charge on any atom is -0.356 e. The van der Waals surface area contributed by atoms with Gasteiger partial charge in [0, 0.05) is 18.8 Å². The van der Waals surface area contributed by atoms with Crippen LogP contribution in [0.3, 0.4) is 0 Å². The van der Waals surface area contributed by atoms with Gasteiger partial charge >= 0.3 is 0 Å². The second-order valence-electron chi connectivity index (χ2n) is 5.05. The van der Waals surface area contributed by atoms with Gasteiger partial charge < -0.3 is 10.1 Å². The van der Waals surface area contributed by atoms with Gasteiger partial charge in [-0.3, -0.25) is 4.79 Å². The van der Waals surface area contributed by atoms with Crippen LogP contribution in [0.4, 0.5) is 0 Å². The summed E-state index contributed by atoms with van der Waals surface area (Å²) in [6.45, 7) is 7.51. The molecule has 0 atom stereocenters. The first-order chi connectivity index (χ1) is 7.15. The fraction of sp³-hybridized carbons (Fsp3) is 0.727. The molecule has 1 fully saturated rings. The summed E-state index contributed by atoms with van der Waals surface area (Å²) in [7, 11) is 1.85. The maximum Gasteiger partial charge on any atom is 0.172 e. The molecule has 1 aliphatic rings. The van der Waals surface area contributed by atoms with Crippen molar-refractivity contribution in [2.75, 3.05) is 12.9 Å². The zero-order valence-corrected chi connectivity index (χ0v) is 11.2. The number of alkyl halides is 1. The van der Waals surface area contributed by atoms with E-state index in [0.717, 1.165) is 5.70 Å². The molecule has 1 saturated heterocycles. The van der Waals surface area contributed by atoms with Crippen molar-refractivity contribution < 1.29 is 10.0 Å². The largest absolute Gasteiger partial charge is 0.356 e. The summed E-state index contributed by atoms with van der Waals surface area (Å²) in [5.74, 6) is -0.193. The Bertz CT molecular complexity index is 337. The molecule has 0 aliphatic carbocycles. The first-order valence-electron chi connectivity index (χ1n) is 5.19. The zero-order valence-electron chi connectivity index (χ0n) is 10.4. The first-order valence-corrected chi connectivity index (χ1v) is 5.73. The fourth-order valence-electron chi connectivity index (χ4n) is 2.10. The van der Waals surface area contributed by atoms with Gasteiger partial charge in [0.25, 0.3) is 0 Å². The summed E-state index contributed by atoms with van der Waals surface area (Å²) in [5, 5.41) is 11.4. The van der Waals surface area contributed by atoms with Gasteiger partial charge in [-0.15, -0.1) is 11.6 Å². The Morgan fingerprint density at radius 3 is 2.25 bits per heavy atom. The smallest absolute Gasteiger partial charge is 0.172 e. The summed E-state index contributed by atoms with van der Waals surface area (Å²) in [6, 6.07) is 0. The van der Waals surface area contributed by atoms with E-state index in [1.165, 1.54) is 11.1 Å². The van der Waals surface area contributed by atoms with Crippen LogP contribution in [0.2, 0.25) is 0 Å². The van der Waals surface area contributed by atoms with E-state index in [1.807, 2.05) is 39.6 Å². The van der Waals surface area contributed by atoms with Gasteiger partial charge in [0.1, 0.15) is 5.66 Å². The molecule has 4 nitrogen and oxygen atoms in total. The number of likely N-dealkylation sites (N-methyl/N-ethyl adjacent to an activating group) is 1. The third kappa shape index (κ3) is 1.85. The summed E-state index contributed by atoms with van der Waals surface area (Å²) in [4.78, 5) is 13.3. The average molecular weight is 247 g/mol. The van der Waals surface area contributed by atoms with E-state index < -0.39 is 11.2 Å². The number of allylic oxidation sites excluding steroid dienone is 1. The van der Waals surface area contributed by atoms with Crippen LogP contribution in [-0.4, -0.2) is 45.1 Å². The van der Waals surface area contributed by atoms with Crippen molar-refractivity contribution in [2.24, 2.45) is 0 Å². The molecule has 1 rings (SSSR count). The molecular formula is C11H19ClN2O2. The molecular weight excluding hydrogens is 228 g/mol. The maximum atomic E-state index is 11.4. The fourth-order valence-corrected chi connectivity index (χ4v) is 2.18. The summed E-state index contributed by atoms with van der Waals surface area (Å²) in [5.41, 5.74) is -0.368. The number of hydrogen-bond donors (Lipinski definition) is 1. The van der Waals surface area contributed by atoms with Gasteiger partial charge in [-0.25, -0.2) is 0 Å². The molecule has 0 unspecified atom stereocenters. The molecule has 5 heteroatoms. The lowest BCUT2D eigenvalue weighted by Crippen LogP contribution is -2.49. The van der Waals surface area contributed by atoms with Crippen LogP contribution in [-0.2, 0) is 4.79 Å². The van der Waals surface area contributed by atoms with E-state index in [2.05, 4.69) is 0 Å². The minimum atomic E-state index is -0.597. The van der Waals surface area contributed by atoms with E-state index in [-0.39, 0.29) is 11.7 Å². The van der Waals surface area contributed by atoms with Crippen LogP contribution in [0, 0.1) is 0 Å². The molecule has 0 aromatic rings. The van der Waals surface area contributed by atoms with Crippen molar-refractivity contribution in [3.63, 3.8) is 0 Å². The van der Waals surface area contributed by atoms with Crippen molar-refractivity contribution in [1.82, 2.24) is 9.96 Å². The molecule has 0 aromatic heterocycles. The molecule has 1 heterocycles. The van der Waals surface area contributed by atoms with E-state index in [1.54, 1.807) is 0 Å². The normalized spacial score (nSPS) is 26.4. The van der Waals surface area contributed by atoms with Gasteiger partial charge in [0.2, 0.25) is 0 Å². The van der Waals surface area contributed by atoms with Crippen LogP contribution < -0.4 is 0 Å².